The van der Waals surface area contributed by atoms with Crippen LogP contribution in [0.5, 0.6) is 0 Å². The predicted octanol–water partition coefficient (Wildman–Crippen LogP) is 13.5. The Labute approximate surface area is 336 Å². The third-order valence-corrected chi connectivity index (χ3v) is 20.0. The summed E-state index contributed by atoms with van der Waals surface area (Å²) >= 11 is 8.37. The molecule has 0 amide bonds. The molecule has 6 aromatic carbocycles. The summed E-state index contributed by atoms with van der Waals surface area (Å²) in [6.45, 7) is 0. The maximum absolute atomic E-state index is 3.72. The third kappa shape index (κ3) is 6.27. The molecule has 0 saturated heterocycles. The molecule has 0 N–H and O–H groups in total. The van der Waals surface area contributed by atoms with Gasteiger partial charge in [0.1, 0.15) is 0 Å². The van der Waals surface area contributed by atoms with Crippen molar-refractivity contribution in [1.82, 2.24) is 0 Å². The van der Waals surface area contributed by atoms with Gasteiger partial charge >= 0.3 is 339 Å². The number of benzene rings is 6. The van der Waals surface area contributed by atoms with Crippen LogP contribution in [0.4, 0.5) is 17.1 Å². The number of nitrogens with zero attached hydrogens (tertiary/aromatic N) is 3. The van der Waals surface area contributed by atoms with Gasteiger partial charge in [-0.05, 0) is 0 Å². The van der Waals surface area contributed by atoms with Gasteiger partial charge in [-0.25, -0.2) is 0 Å². The molecule has 0 fully saturated rings. The van der Waals surface area contributed by atoms with Crippen molar-refractivity contribution >= 4 is 83.1 Å². The zero-order valence-electron chi connectivity index (χ0n) is 27.9. The zero-order chi connectivity index (χ0) is 35.2. The van der Waals surface area contributed by atoms with Crippen LogP contribution < -0.4 is 14.7 Å². The van der Waals surface area contributed by atoms with Crippen molar-refractivity contribution in [2.75, 3.05) is 14.7 Å². The van der Waals surface area contributed by atoms with Crippen LogP contribution >= 0.6 is 47.8 Å². The Bertz CT molecular complexity index is 2070. The molecule has 0 radical (unpaired) electrons. The Kier molecular flexibility index (Phi) is 9.41. The second-order valence-corrected chi connectivity index (χ2v) is 21.8. The Hall–Kier alpha value is -3.97. The minimum atomic E-state index is -2.78. The van der Waals surface area contributed by atoms with Gasteiger partial charge in [0.2, 0.25) is 0 Å². The number of hydrogen-bond donors (Lipinski definition) is 0. The van der Waals surface area contributed by atoms with E-state index >= 15 is 0 Å². The number of anilines is 3. The quantitative estimate of drug-likeness (QED) is 0.165. The van der Waals surface area contributed by atoms with Gasteiger partial charge in [0.15, 0.2) is 0 Å². The van der Waals surface area contributed by atoms with Gasteiger partial charge in [-0.3, -0.25) is 0 Å². The average Bonchev–Trinajstić information content (AvgIpc) is 3.19. The van der Waals surface area contributed by atoms with E-state index in [1.54, 1.807) is 0 Å². The van der Waals surface area contributed by atoms with Crippen LogP contribution in [0.25, 0.3) is 18.2 Å². The van der Waals surface area contributed by atoms with Crippen molar-refractivity contribution in [2.45, 2.75) is 13.7 Å². The first-order valence-corrected chi connectivity index (χ1v) is 23.6. The standard InChI is InChI=1S/3C15H11BrN.Ir/c3*16-14-5-7-15(8-6-14)17-10-9-12-3-1-2-4-13(12)11-17;/h3*1-11H;. The maximum atomic E-state index is 3.72. The molecule has 52 heavy (non-hydrogen) atoms. The minimum absolute atomic E-state index is 0.104. The molecule has 3 unspecified atom stereocenters. The first kappa shape index (κ1) is 33.8. The zero-order valence-corrected chi connectivity index (χ0v) is 35.0. The van der Waals surface area contributed by atoms with Crippen LogP contribution in [-0.2, 0) is 16.5 Å². The van der Waals surface area contributed by atoms with Crippen molar-refractivity contribution in [3.63, 3.8) is 0 Å². The summed E-state index contributed by atoms with van der Waals surface area (Å²) in [6.07, 6.45) is 13.9. The van der Waals surface area contributed by atoms with Crippen LogP contribution in [0.15, 0.2) is 178 Å². The van der Waals surface area contributed by atoms with Gasteiger partial charge < -0.3 is 0 Å². The van der Waals surface area contributed by atoms with Crippen molar-refractivity contribution < 1.29 is 16.5 Å². The van der Waals surface area contributed by atoms with Crippen LogP contribution in [-0.4, -0.2) is 0 Å². The number of halogens is 3. The van der Waals surface area contributed by atoms with E-state index in [-0.39, 0.29) is 13.7 Å². The number of hydrogen-bond acceptors (Lipinski definition) is 3. The molecule has 0 aromatic heterocycles. The fraction of sp³-hybridized carbons (Fsp3) is 0.0667. The average molecular weight is 1050 g/mol. The van der Waals surface area contributed by atoms with Crippen LogP contribution in [0.3, 0.4) is 0 Å². The number of rotatable bonds is 6. The molecular weight excluding hydrogens is 1010 g/mol. The molecule has 3 aliphatic rings. The van der Waals surface area contributed by atoms with E-state index in [1.807, 2.05) is 0 Å². The normalized spacial score (nSPS) is 18.9. The molecular formula is C45H33Br3IrN3. The Morgan fingerprint density at radius 1 is 0.346 bits per heavy atom. The molecule has 6 aromatic rings. The summed E-state index contributed by atoms with van der Waals surface area (Å²) in [5.74, 6) is 0. The van der Waals surface area contributed by atoms with Gasteiger partial charge in [0, 0.05) is 0 Å². The summed E-state index contributed by atoms with van der Waals surface area (Å²) < 4.78 is 3.54. The van der Waals surface area contributed by atoms with Crippen molar-refractivity contribution in [2.24, 2.45) is 0 Å². The summed E-state index contributed by atoms with van der Waals surface area (Å²) in [5, 5.41) is 0. The monoisotopic (exact) mass is 1040 g/mol. The molecule has 0 bridgehead atoms. The van der Waals surface area contributed by atoms with E-state index < -0.39 is 16.5 Å². The molecule has 0 saturated carbocycles. The predicted molar refractivity (Wildman–Crippen MR) is 225 cm³/mol. The van der Waals surface area contributed by atoms with E-state index in [1.165, 1.54) is 50.4 Å². The molecule has 258 valence electrons. The SMILES string of the molecule is Brc1ccc(N2C=Cc3ccccc3[CH]2[Ir]([CH]2c3ccccc3C=CN2c2ccc(Br)cc2)[CH]2c3ccccc3C=CN2c2ccc(Br)cc2)cc1. The van der Waals surface area contributed by atoms with Crippen LogP contribution in [0.1, 0.15) is 47.0 Å². The second kappa shape index (κ2) is 14.5. The molecule has 3 heterocycles. The summed E-state index contributed by atoms with van der Waals surface area (Å²) in [4.78, 5) is 7.77. The fourth-order valence-electron chi connectivity index (χ4n) is 7.20. The van der Waals surface area contributed by atoms with E-state index in [0.29, 0.717) is 0 Å². The van der Waals surface area contributed by atoms with E-state index in [2.05, 4.69) is 245 Å². The van der Waals surface area contributed by atoms with Gasteiger partial charge in [-0.15, -0.1) is 0 Å². The Balaban J connectivity index is 1.36. The van der Waals surface area contributed by atoms with Crippen molar-refractivity contribution in [1.29, 1.82) is 0 Å². The van der Waals surface area contributed by atoms with Crippen molar-refractivity contribution in [3.8, 4) is 0 Å². The number of fused-ring (bicyclic) bond motifs is 3. The Morgan fingerprint density at radius 3 is 0.904 bits per heavy atom. The van der Waals surface area contributed by atoms with Crippen LogP contribution in [0.2, 0.25) is 0 Å². The first-order chi connectivity index (χ1) is 25.5. The third-order valence-electron chi connectivity index (χ3n) is 9.66. The summed E-state index contributed by atoms with van der Waals surface area (Å²) in [6, 6.07) is 53.8. The van der Waals surface area contributed by atoms with Gasteiger partial charge in [0.25, 0.3) is 0 Å². The van der Waals surface area contributed by atoms with Gasteiger partial charge in [0.05, 0.1) is 0 Å². The van der Waals surface area contributed by atoms with Gasteiger partial charge in [-0.2, -0.15) is 0 Å². The molecule has 7 heteroatoms. The molecule has 3 aliphatic heterocycles. The van der Waals surface area contributed by atoms with E-state index in [4.69, 9.17) is 0 Å². The molecule has 3 nitrogen and oxygen atoms in total. The fourth-order valence-corrected chi connectivity index (χ4v) is 18.6. The summed E-state index contributed by atoms with van der Waals surface area (Å²) in [5.41, 5.74) is 11.6. The van der Waals surface area contributed by atoms with Crippen LogP contribution in [0, 0.1) is 0 Å². The second-order valence-electron chi connectivity index (χ2n) is 12.8. The summed E-state index contributed by atoms with van der Waals surface area (Å²) in [7, 11) is 0. The first-order valence-electron chi connectivity index (χ1n) is 17.0. The molecule has 0 aliphatic carbocycles. The molecule has 9 rings (SSSR count). The van der Waals surface area contributed by atoms with Crippen molar-refractivity contribution in [3.05, 3.63) is 211 Å². The topological polar surface area (TPSA) is 9.72 Å². The van der Waals surface area contributed by atoms with E-state index in [0.717, 1.165) is 13.4 Å². The molecule has 0 spiro atoms. The Morgan fingerprint density at radius 2 is 0.615 bits per heavy atom. The van der Waals surface area contributed by atoms with E-state index in [9.17, 15) is 0 Å². The van der Waals surface area contributed by atoms with Gasteiger partial charge in [-0.1, -0.05) is 0 Å². The molecule has 3 atom stereocenters.